The van der Waals surface area contributed by atoms with Crippen LogP contribution < -0.4 is 0 Å². The minimum absolute atomic E-state index is 0.109. The van der Waals surface area contributed by atoms with Crippen LogP contribution in [0.5, 0.6) is 0 Å². The third kappa shape index (κ3) is 3.59. The first-order valence-electron chi connectivity index (χ1n) is 8.79. The number of aromatic amines is 1. The lowest BCUT2D eigenvalue weighted by Crippen LogP contribution is -2.48. The lowest BCUT2D eigenvalue weighted by molar-refractivity contribution is -0.136. The molecule has 0 aliphatic carbocycles. The van der Waals surface area contributed by atoms with Crippen molar-refractivity contribution in [3.05, 3.63) is 35.7 Å². The van der Waals surface area contributed by atoms with E-state index in [1.54, 1.807) is 6.33 Å². The molecule has 25 heavy (non-hydrogen) atoms. The van der Waals surface area contributed by atoms with Crippen LogP contribution in [0.1, 0.15) is 23.5 Å². The summed E-state index contributed by atoms with van der Waals surface area (Å²) in [5.41, 5.74) is 3.19. The number of carbonyl (C=O) groups is 1. The summed E-state index contributed by atoms with van der Waals surface area (Å²) in [5.74, 6) is 0.190. The normalized spacial score (nSPS) is 21.3. The van der Waals surface area contributed by atoms with Crippen LogP contribution in [0.15, 0.2) is 18.6 Å². The predicted molar refractivity (Wildman–Crippen MR) is 90.6 cm³/mol. The molecule has 0 saturated carbocycles. The van der Waals surface area contributed by atoms with E-state index in [-0.39, 0.29) is 11.9 Å². The van der Waals surface area contributed by atoms with Gasteiger partial charge in [-0.2, -0.15) is 5.10 Å². The number of nitrogens with one attached hydrogen (secondary N) is 1. The Bertz CT molecular complexity index is 726. The third-order valence-electron chi connectivity index (χ3n) is 4.96. The zero-order valence-electron chi connectivity index (χ0n) is 14.5. The highest BCUT2D eigenvalue weighted by Crippen LogP contribution is 2.18. The Hall–Kier alpha value is -2.19. The highest BCUT2D eigenvalue weighted by molar-refractivity contribution is 5.77. The van der Waals surface area contributed by atoms with Gasteiger partial charge in [0.2, 0.25) is 5.91 Å². The van der Waals surface area contributed by atoms with Crippen molar-refractivity contribution < 1.29 is 9.53 Å². The molecule has 1 fully saturated rings. The van der Waals surface area contributed by atoms with E-state index < -0.39 is 0 Å². The van der Waals surface area contributed by atoms with E-state index in [2.05, 4.69) is 26.0 Å². The molecule has 0 aromatic carbocycles. The van der Waals surface area contributed by atoms with Crippen LogP contribution in [0.2, 0.25) is 0 Å². The Balaban J connectivity index is 1.39. The molecule has 2 aromatic rings. The second-order valence-electron chi connectivity index (χ2n) is 6.80. The lowest BCUT2D eigenvalue weighted by atomic mass is 10.1. The van der Waals surface area contributed by atoms with Gasteiger partial charge in [0.25, 0.3) is 0 Å². The molecule has 2 aliphatic rings. The number of H-pyrrole nitrogens is 1. The number of hydrogen-bond acceptors (Lipinski definition) is 5. The number of imidazole rings is 1. The van der Waals surface area contributed by atoms with E-state index in [1.807, 2.05) is 22.7 Å². The van der Waals surface area contributed by atoms with E-state index in [0.717, 1.165) is 43.3 Å². The third-order valence-corrected chi connectivity index (χ3v) is 4.96. The summed E-state index contributed by atoms with van der Waals surface area (Å²) in [5, 5.41) is 4.46. The van der Waals surface area contributed by atoms with Gasteiger partial charge in [-0.05, 0) is 13.0 Å². The zero-order chi connectivity index (χ0) is 17.2. The van der Waals surface area contributed by atoms with Gasteiger partial charge >= 0.3 is 0 Å². The summed E-state index contributed by atoms with van der Waals surface area (Å²) in [6.07, 6.45) is 4.01. The Morgan fingerprint density at radius 1 is 1.40 bits per heavy atom. The van der Waals surface area contributed by atoms with Gasteiger partial charge in [-0.15, -0.1) is 0 Å². The number of rotatable bonds is 4. The zero-order valence-corrected chi connectivity index (χ0v) is 14.5. The van der Waals surface area contributed by atoms with Crippen molar-refractivity contribution in [2.75, 3.05) is 26.3 Å². The van der Waals surface area contributed by atoms with Crippen LogP contribution in [0.25, 0.3) is 0 Å². The van der Waals surface area contributed by atoms with Crippen LogP contribution in [0.4, 0.5) is 0 Å². The molecule has 2 aromatic heterocycles. The summed E-state index contributed by atoms with van der Waals surface area (Å²) < 4.78 is 7.63. The highest BCUT2D eigenvalue weighted by atomic mass is 16.5. The average molecular weight is 344 g/mol. The molecule has 4 rings (SSSR count). The Morgan fingerprint density at radius 3 is 3.16 bits per heavy atom. The number of carbonyl (C=O) groups excluding carboxylic acids is 1. The van der Waals surface area contributed by atoms with Gasteiger partial charge in [-0.25, -0.2) is 4.98 Å². The van der Waals surface area contributed by atoms with Gasteiger partial charge in [-0.1, -0.05) is 0 Å². The first-order valence-corrected chi connectivity index (χ1v) is 8.79. The number of hydrogen-bond donors (Lipinski definition) is 1. The summed E-state index contributed by atoms with van der Waals surface area (Å²) in [4.78, 5) is 24.3. The smallest absolute Gasteiger partial charge is 0.224 e. The Kier molecular flexibility index (Phi) is 4.54. The standard InChI is InChI=1S/C17H24N6O2/c1-13-6-15-10-22(2-3-23(15)20-13)17(24)7-16-11-25-5-4-21(16)9-14-8-18-12-19-14/h6,8,12,16H,2-5,7,9-11H2,1H3,(H,18,19)/t16-/m0/s1. The minimum Gasteiger partial charge on any atom is -0.378 e. The van der Waals surface area contributed by atoms with E-state index >= 15 is 0 Å². The molecule has 8 heteroatoms. The fraction of sp³-hybridized carbons (Fsp3) is 0.588. The van der Waals surface area contributed by atoms with Gasteiger partial charge in [0.05, 0.1) is 44.0 Å². The van der Waals surface area contributed by atoms with Crippen molar-refractivity contribution in [2.24, 2.45) is 0 Å². The second kappa shape index (κ2) is 6.97. The quantitative estimate of drug-likeness (QED) is 0.876. The summed E-state index contributed by atoms with van der Waals surface area (Å²) in [6, 6.07) is 2.17. The van der Waals surface area contributed by atoms with E-state index in [9.17, 15) is 4.79 Å². The predicted octanol–water partition coefficient (Wildman–Crippen LogP) is 0.548. The van der Waals surface area contributed by atoms with Gasteiger partial charge in [0, 0.05) is 44.0 Å². The van der Waals surface area contributed by atoms with Crippen molar-refractivity contribution in [3.63, 3.8) is 0 Å². The molecule has 1 saturated heterocycles. The first kappa shape index (κ1) is 16.3. The number of aryl methyl sites for hydroxylation is 1. The van der Waals surface area contributed by atoms with Crippen LogP contribution in [-0.4, -0.2) is 67.8 Å². The molecule has 8 nitrogen and oxygen atoms in total. The summed E-state index contributed by atoms with van der Waals surface area (Å²) in [6.45, 7) is 7.05. The number of morpholine rings is 1. The fourth-order valence-electron chi connectivity index (χ4n) is 3.63. The molecule has 134 valence electrons. The van der Waals surface area contributed by atoms with Gasteiger partial charge < -0.3 is 14.6 Å². The molecule has 0 radical (unpaired) electrons. The van der Waals surface area contributed by atoms with E-state index in [1.165, 1.54) is 0 Å². The van der Waals surface area contributed by atoms with Crippen molar-refractivity contribution in [1.82, 2.24) is 29.5 Å². The van der Waals surface area contributed by atoms with Crippen LogP contribution in [0.3, 0.4) is 0 Å². The molecular weight excluding hydrogens is 320 g/mol. The molecule has 1 N–H and O–H groups in total. The molecular formula is C17H24N6O2. The molecule has 0 bridgehead atoms. The van der Waals surface area contributed by atoms with Crippen molar-refractivity contribution in [2.45, 2.75) is 39.0 Å². The molecule has 1 atom stereocenters. The topological polar surface area (TPSA) is 79.3 Å². The number of ether oxygens (including phenoxy) is 1. The highest BCUT2D eigenvalue weighted by Gasteiger charge is 2.29. The molecule has 1 amide bonds. The second-order valence-corrected chi connectivity index (χ2v) is 6.80. The SMILES string of the molecule is Cc1cc2n(n1)CCN(C(=O)C[C@H]1COCCN1Cc1cnc[nH]1)C2. The number of amides is 1. The van der Waals surface area contributed by atoms with E-state index in [0.29, 0.717) is 26.2 Å². The molecule has 0 unspecified atom stereocenters. The maximum atomic E-state index is 12.8. The fourth-order valence-corrected chi connectivity index (χ4v) is 3.63. The molecule has 2 aliphatic heterocycles. The van der Waals surface area contributed by atoms with Crippen molar-refractivity contribution in [3.8, 4) is 0 Å². The minimum atomic E-state index is 0.109. The monoisotopic (exact) mass is 344 g/mol. The lowest BCUT2D eigenvalue weighted by Gasteiger charge is -2.36. The van der Waals surface area contributed by atoms with Crippen molar-refractivity contribution in [1.29, 1.82) is 0 Å². The van der Waals surface area contributed by atoms with Crippen molar-refractivity contribution >= 4 is 5.91 Å². The number of aromatic nitrogens is 4. The van der Waals surface area contributed by atoms with E-state index in [4.69, 9.17) is 4.74 Å². The molecule has 4 heterocycles. The summed E-state index contributed by atoms with van der Waals surface area (Å²) >= 11 is 0. The first-order chi connectivity index (χ1) is 12.2. The Labute approximate surface area is 146 Å². The largest absolute Gasteiger partial charge is 0.378 e. The number of fused-ring (bicyclic) bond motifs is 1. The maximum Gasteiger partial charge on any atom is 0.224 e. The summed E-state index contributed by atoms with van der Waals surface area (Å²) in [7, 11) is 0. The van der Waals surface area contributed by atoms with Gasteiger partial charge in [0.15, 0.2) is 0 Å². The average Bonchev–Trinajstić information content (AvgIpc) is 3.24. The van der Waals surface area contributed by atoms with Gasteiger partial charge in [-0.3, -0.25) is 14.4 Å². The van der Waals surface area contributed by atoms with Gasteiger partial charge in [0.1, 0.15) is 0 Å². The Morgan fingerprint density at radius 2 is 2.32 bits per heavy atom. The maximum absolute atomic E-state index is 12.8. The van der Waals surface area contributed by atoms with Crippen LogP contribution in [-0.2, 0) is 29.2 Å². The number of nitrogens with zero attached hydrogens (tertiary/aromatic N) is 5. The van der Waals surface area contributed by atoms with Crippen LogP contribution in [0, 0.1) is 6.92 Å². The van der Waals surface area contributed by atoms with Crippen LogP contribution >= 0.6 is 0 Å². The molecule has 0 spiro atoms.